The number of hydrogen-bond acceptors (Lipinski definition) is 5. The van der Waals surface area contributed by atoms with E-state index in [4.69, 9.17) is 9.47 Å². The standard InChI is InChI=1S/C19H26N2O5/c1-11(2)21(12(3)4)19(24)13(5)25-17(22)10-16-18(23)20-14-8-6-7-9-15(14)26-16/h6-9,11-13,16H,10H2,1-5H3,(H,20,23)/t13-,16+/m1/s1. The average Bonchev–Trinajstić information content (AvgIpc) is 2.54. The summed E-state index contributed by atoms with van der Waals surface area (Å²) < 4.78 is 10.8. The molecule has 2 amide bonds. The summed E-state index contributed by atoms with van der Waals surface area (Å²) in [5, 5.41) is 2.69. The molecule has 7 heteroatoms. The van der Waals surface area contributed by atoms with Crippen LogP contribution in [0.4, 0.5) is 5.69 Å². The highest BCUT2D eigenvalue weighted by Gasteiger charge is 2.32. The fourth-order valence-electron chi connectivity index (χ4n) is 2.99. The van der Waals surface area contributed by atoms with Gasteiger partial charge in [0.1, 0.15) is 5.75 Å². The second-order valence-corrected chi connectivity index (χ2v) is 6.86. The van der Waals surface area contributed by atoms with Crippen LogP contribution in [0.1, 0.15) is 41.0 Å². The van der Waals surface area contributed by atoms with Crippen LogP contribution in [0.5, 0.6) is 5.75 Å². The first kappa shape index (κ1) is 19.8. The van der Waals surface area contributed by atoms with Gasteiger partial charge in [0.05, 0.1) is 12.1 Å². The molecule has 0 radical (unpaired) electrons. The third-order valence-corrected chi connectivity index (χ3v) is 4.08. The minimum absolute atomic E-state index is 0.00684. The maximum absolute atomic E-state index is 12.5. The van der Waals surface area contributed by atoms with Crippen molar-refractivity contribution >= 4 is 23.5 Å². The van der Waals surface area contributed by atoms with Gasteiger partial charge in [-0.05, 0) is 46.8 Å². The van der Waals surface area contributed by atoms with Gasteiger partial charge in [0, 0.05) is 12.1 Å². The molecule has 0 unspecified atom stereocenters. The van der Waals surface area contributed by atoms with Crippen molar-refractivity contribution in [3.05, 3.63) is 24.3 Å². The minimum Gasteiger partial charge on any atom is -0.478 e. The van der Waals surface area contributed by atoms with E-state index in [-0.39, 0.29) is 24.4 Å². The number of ether oxygens (including phenoxy) is 2. The molecular weight excluding hydrogens is 336 g/mol. The van der Waals surface area contributed by atoms with Crippen molar-refractivity contribution < 1.29 is 23.9 Å². The minimum atomic E-state index is -0.981. The number of hydrogen-bond donors (Lipinski definition) is 1. The lowest BCUT2D eigenvalue weighted by Gasteiger charge is -2.33. The van der Waals surface area contributed by atoms with E-state index in [1.807, 2.05) is 27.7 Å². The van der Waals surface area contributed by atoms with E-state index >= 15 is 0 Å². The van der Waals surface area contributed by atoms with Gasteiger partial charge in [-0.3, -0.25) is 14.4 Å². The van der Waals surface area contributed by atoms with Gasteiger partial charge in [-0.25, -0.2) is 0 Å². The SMILES string of the molecule is CC(C)N(C(=O)[C@@H](C)OC(=O)C[C@@H]1Oc2ccccc2NC1=O)C(C)C. The number of anilines is 1. The molecule has 0 bridgehead atoms. The Morgan fingerprint density at radius 2 is 1.77 bits per heavy atom. The molecule has 142 valence electrons. The van der Waals surface area contributed by atoms with Gasteiger partial charge in [0.25, 0.3) is 11.8 Å². The van der Waals surface area contributed by atoms with E-state index in [1.54, 1.807) is 29.2 Å². The third-order valence-electron chi connectivity index (χ3n) is 4.08. The van der Waals surface area contributed by atoms with Crippen LogP contribution < -0.4 is 10.1 Å². The van der Waals surface area contributed by atoms with E-state index in [2.05, 4.69) is 5.32 Å². The van der Waals surface area contributed by atoms with E-state index in [1.165, 1.54) is 6.92 Å². The molecule has 2 atom stereocenters. The van der Waals surface area contributed by atoms with Crippen molar-refractivity contribution in [1.29, 1.82) is 0 Å². The molecule has 1 aromatic carbocycles. The predicted molar refractivity (Wildman–Crippen MR) is 96.8 cm³/mol. The van der Waals surface area contributed by atoms with Crippen LogP contribution in [0.25, 0.3) is 0 Å². The van der Waals surface area contributed by atoms with Crippen molar-refractivity contribution in [2.45, 2.75) is 65.3 Å². The zero-order chi connectivity index (χ0) is 19.4. The largest absolute Gasteiger partial charge is 0.478 e. The molecule has 0 saturated carbocycles. The number of benzene rings is 1. The van der Waals surface area contributed by atoms with E-state index < -0.39 is 24.1 Å². The molecule has 26 heavy (non-hydrogen) atoms. The fraction of sp³-hybridized carbons (Fsp3) is 0.526. The summed E-state index contributed by atoms with van der Waals surface area (Å²) in [7, 11) is 0. The van der Waals surface area contributed by atoms with E-state index in [9.17, 15) is 14.4 Å². The van der Waals surface area contributed by atoms with Gasteiger partial charge in [-0.1, -0.05) is 12.1 Å². The van der Waals surface area contributed by atoms with Crippen molar-refractivity contribution in [2.24, 2.45) is 0 Å². The van der Waals surface area contributed by atoms with Gasteiger partial charge >= 0.3 is 5.97 Å². The maximum atomic E-state index is 12.5. The molecular formula is C19H26N2O5. The second kappa shape index (κ2) is 8.21. The third kappa shape index (κ3) is 4.53. The first-order chi connectivity index (χ1) is 12.2. The Balaban J connectivity index is 1.96. The smallest absolute Gasteiger partial charge is 0.310 e. The molecule has 0 spiro atoms. The van der Waals surface area contributed by atoms with Crippen molar-refractivity contribution in [3.8, 4) is 5.75 Å². The van der Waals surface area contributed by atoms with Gasteiger partial charge in [0.15, 0.2) is 12.2 Å². The molecule has 1 heterocycles. The summed E-state index contributed by atoms with van der Waals surface area (Å²) >= 11 is 0. The molecule has 1 aromatic rings. The maximum Gasteiger partial charge on any atom is 0.310 e. The van der Waals surface area contributed by atoms with E-state index in [0.29, 0.717) is 11.4 Å². The van der Waals surface area contributed by atoms with Crippen LogP contribution in [0.2, 0.25) is 0 Å². The summed E-state index contributed by atoms with van der Waals surface area (Å²) in [4.78, 5) is 38.5. The Labute approximate surface area is 153 Å². The Bertz CT molecular complexity index is 678. The zero-order valence-corrected chi connectivity index (χ0v) is 15.8. The number of nitrogens with one attached hydrogen (secondary N) is 1. The highest BCUT2D eigenvalue weighted by Crippen LogP contribution is 2.29. The quantitative estimate of drug-likeness (QED) is 0.785. The highest BCUT2D eigenvalue weighted by atomic mass is 16.6. The lowest BCUT2D eigenvalue weighted by Crippen LogP contribution is -2.48. The van der Waals surface area contributed by atoms with Crippen molar-refractivity contribution in [1.82, 2.24) is 4.90 Å². The summed E-state index contributed by atoms with van der Waals surface area (Å²) in [6.07, 6.45) is -2.17. The van der Waals surface area contributed by atoms with Crippen LogP contribution in [-0.4, -0.2) is 47.0 Å². The molecule has 0 aromatic heterocycles. The fourth-order valence-corrected chi connectivity index (χ4v) is 2.99. The molecule has 2 rings (SSSR count). The van der Waals surface area contributed by atoms with E-state index in [0.717, 1.165) is 0 Å². The molecule has 7 nitrogen and oxygen atoms in total. The number of esters is 1. The average molecular weight is 362 g/mol. The normalized spacial score (nSPS) is 17.2. The molecule has 1 aliphatic rings. The molecule has 1 aliphatic heterocycles. The van der Waals surface area contributed by atoms with Crippen LogP contribution >= 0.6 is 0 Å². The predicted octanol–water partition coefficient (Wildman–Crippen LogP) is 2.35. The molecule has 0 fully saturated rings. The van der Waals surface area contributed by atoms with Gasteiger partial charge in [-0.2, -0.15) is 0 Å². The number of carbonyl (C=O) groups excluding carboxylic acids is 3. The van der Waals surface area contributed by atoms with Crippen LogP contribution in [-0.2, 0) is 19.1 Å². The zero-order valence-electron chi connectivity index (χ0n) is 15.8. The number of fused-ring (bicyclic) bond motifs is 1. The Morgan fingerprint density at radius 3 is 2.38 bits per heavy atom. The number of rotatable bonds is 6. The topological polar surface area (TPSA) is 84.9 Å². The lowest BCUT2D eigenvalue weighted by atomic mass is 10.1. The molecule has 0 aliphatic carbocycles. The summed E-state index contributed by atoms with van der Waals surface area (Å²) in [6.45, 7) is 9.16. The van der Waals surface area contributed by atoms with Crippen LogP contribution in [0.3, 0.4) is 0 Å². The second-order valence-electron chi connectivity index (χ2n) is 6.86. The summed E-state index contributed by atoms with van der Waals surface area (Å²) in [5.74, 6) is -0.828. The molecule has 0 saturated heterocycles. The highest BCUT2D eigenvalue weighted by molar-refractivity contribution is 5.99. The van der Waals surface area contributed by atoms with Crippen LogP contribution in [0.15, 0.2) is 24.3 Å². The van der Waals surface area contributed by atoms with Gasteiger partial charge < -0.3 is 19.7 Å². The molecule has 1 N–H and O–H groups in total. The van der Waals surface area contributed by atoms with Crippen molar-refractivity contribution in [3.63, 3.8) is 0 Å². The monoisotopic (exact) mass is 362 g/mol. The number of amides is 2. The number of nitrogens with zero attached hydrogens (tertiary/aromatic N) is 1. The van der Waals surface area contributed by atoms with Crippen LogP contribution in [0, 0.1) is 0 Å². The first-order valence-corrected chi connectivity index (χ1v) is 8.79. The van der Waals surface area contributed by atoms with Gasteiger partial charge in [-0.15, -0.1) is 0 Å². The van der Waals surface area contributed by atoms with Crippen molar-refractivity contribution in [2.75, 3.05) is 5.32 Å². The summed E-state index contributed by atoms with van der Waals surface area (Å²) in [6, 6.07) is 6.97. The lowest BCUT2D eigenvalue weighted by molar-refractivity contribution is -0.162. The Morgan fingerprint density at radius 1 is 1.15 bits per heavy atom. The number of carbonyl (C=O) groups is 3. The Hall–Kier alpha value is -2.57. The summed E-state index contributed by atoms with van der Waals surface area (Å²) in [5.41, 5.74) is 0.565. The van der Waals surface area contributed by atoms with Gasteiger partial charge in [0.2, 0.25) is 0 Å². The number of para-hydroxylation sites is 2. The first-order valence-electron chi connectivity index (χ1n) is 8.79. The Kier molecular flexibility index (Phi) is 6.23.